The zero-order valence-electron chi connectivity index (χ0n) is 18.2. The molecule has 2 aromatic carbocycles. The first-order valence-electron chi connectivity index (χ1n) is 9.67. The summed E-state index contributed by atoms with van der Waals surface area (Å²) in [4.78, 5) is 13.0. The summed E-state index contributed by atoms with van der Waals surface area (Å²) < 4.78 is 54.5. The maximum Gasteiger partial charge on any atom is 0.244 e. The Morgan fingerprint density at radius 3 is 1.97 bits per heavy atom. The summed E-state index contributed by atoms with van der Waals surface area (Å²) >= 11 is 0. The van der Waals surface area contributed by atoms with Gasteiger partial charge in [-0.3, -0.25) is 9.10 Å². The van der Waals surface area contributed by atoms with Gasteiger partial charge in [-0.2, -0.15) is 0 Å². The molecule has 10 heteroatoms. The van der Waals surface area contributed by atoms with E-state index in [1.807, 2.05) is 6.92 Å². The molecular formula is C21H28N2O6S2. The smallest absolute Gasteiger partial charge is 0.244 e. The quantitative estimate of drug-likeness (QED) is 0.606. The van der Waals surface area contributed by atoms with Crippen molar-refractivity contribution in [3.8, 4) is 5.75 Å². The maximum atomic E-state index is 12.8. The van der Waals surface area contributed by atoms with Crippen molar-refractivity contribution in [3.05, 3.63) is 54.1 Å². The second kappa shape index (κ2) is 9.69. The van der Waals surface area contributed by atoms with Gasteiger partial charge in [0.1, 0.15) is 11.8 Å². The molecule has 1 N–H and O–H groups in total. The highest BCUT2D eigenvalue weighted by Crippen LogP contribution is 2.24. The molecular weight excluding hydrogens is 440 g/mol. The Bertz CT molecular complexity index is 1110. The third kappa shape index (κ3) is 6.44. The second-order valence-electron chi connectivity index (χ2n) is 7.23. The number of sulfonamides is 1. The van der Waals surface area contributed by atoms with Crippen LogP contribution in [-0.2, 0) is 24.7 Å². The molecule has 2 atom stereocenters. The van der Waals surface area contributed by atoms with Crippen molar-refractivity contribution in [2.75, 3.05) is 23.4 Å². The molecule has 0 radical (unpaired) electrons. The summed E-state index contributed by atoms with van der Waals surface area (Å²) in [7, 11) is -7.06. The van der Waals surface area contributed by atoms with Crippen LogP contribution in [0.5, 0.6) is 5.75 Å². The molecule has 0 saturated heterocycles. The Morgan fingerprint density at radius 1 is 0.968 bits per heavy atom. The number of benzene rings is 2. The topological polar surface area (TPSA) is 110 Å². The van der Waals surface area contributed by atoms with Gasteiger partial charge in [0.2, 0.25) is 15.9 Å². The molecule has 0 fully saturated rings. The molecule has 2 rings (SSSR count). The monoisotopic (exact) mass is 468 g/mol. The number of rotatable bonds is 9. The van der Waals surface area contributed by atoms with Crippen LogP contribution in [0.3, 0.4) is 0 Å². The van der Waals surface area contributed by atoms with Gasteiger partial charge in [0, 0.05) is 6.26 Å². The molecule has 8 nitrogen and oxygen atoms in total. The van der Waals surface area contributed by atoms with Crippen molar-refractivity contribution in [3.63, 3.8) is 0 Å². The fourth-order valence-corrected chi connectivity index (χ4v) is 4.89. The highest BCUT2D eigenvalue weighted by molar-refractivity contribution is 7.92. The first-order chi connectivity index (χ1) is 14.3. The Kier molecular flexibility index (Phi) is 7.72. The van der Waals surface area contributed by atoms with Gasteiger partial charge in [-0.15, -0.1) is 0 Å². The van der Waals surface area contributed by atoms with Crippen LogP contribution in [-0.4, -0.2) is 47.9 Å². The number of hydrogen-bond donors (Lipinski definition) is 1. The average Bonchev–Trinajstić information content (AvgIpc) is 2.68. The van der Waals surface area contributed by atoms with Gasteiger partial charge < -0.3 is 10.1 Å². The Balaban J connectivity index is 2.21. The van der Waals surface area contributed by atoms with Gasteiger partial charge >= 0.3 is 0 Å². The van der Waals surface area contributed by atoms with Crippen LogP contribution in [0.4, 0.5) is 5.69 Å². The van der Waals surface area contributed by atoms with Crippen LogP contribution in [0.1, 0.15) is 32.4 Å². The van der Waals surface area contributed by atoms with Crippen LogP contribution in [0.15, 0.2) is 53.4 Å². The molecule has 1 amide bonds. The largest absolute Gasteiger partial charge is 0.494 e. The Labute approximate surface area is 184 Å². The van der Waals surface area contributed by atoms with E-state index >= 15 is 0 Å². The lowest BCUT2D eigenvalue weighted by Gasteiger charge is -2.29. The van der Waals surface area contributed by atoms with Crippen LogP contribution in [0.25, 0.3) is 0 Å². The molecule has 0 saturated carbocycles. The van der Waals surface area contributed by atoms with Gasteiger partial charge in [0.25, 0.3) is 0 Å². The molecule has 31 heavy (non-hydrogen) atoms. The predicted octanol–water partition coefficient (Wildman–Crippen LogP) is 2.52. The van der Waals surface area contributed by atoms with Gasteiger partial charge in [0.05, 0.1) is 29.5 Å². The third-order valence-corrected chi connectivity index (χ3v) is 7.03. The van der Waals surface area contributed by atoms with E-state index in [-0.39, 0.29) is 4.90 Å². The van der Waals surface area contributed by atoms with Crippen molar-refractivity contribution in [2.45, 2.75) is 37.8 Å². The SMILES string of the molecule is CCOc1ccc(N([C@@H](C)C(=O)N[C@@H](C)c2ccc(S(C)(=O)=O)cc2)S(C)(=O)=O)cc1. The zero-order chi connectivity index (χ0) is 23.4. The molecule has 0 aliphatic rings. The number of anilines is 1. The molecule has 0 aliphatic heterocycles. The van der Waals surface area contributed by atoms with Crippen LogP contribution >= 0.6 is 0 Å². The minimum Gasteiger partial charge on any atom is -0.494 e. The number of carbonyl (C=O) groups is 1. The van der Waals surface area contributed by atoms with Gasteiger partial charge in [0.15, 0.2) is 9.84 Å². The van der Waals surface area contributed by atoms with Crippen LogP contribution < -0.4 is 14.4 Å². The average molecular weight is 469 g/mol. The number of hydrogen-bond acceptors (Lipinski definition) is 6. The number of carbonyl (C=O) groups excluding carboxylic acids is 1. The number of nitrogens with one attached hydrogen (secondary N) is 1. The molecule has 0 aliphatic carbocycles. The maximum absolute atomic E-state index is 12.8. The van der Waals surface area contributed by atoms with E-state index in [0.29, 0.717) is 23.6 Å². The molecule has 170 valence electrons. The molecule has 2 aromatic rings. The van der Waals surface area contributed by atoms with Gasteiger partial charge in [-0.05, 0) is 62.7 Å². The summed E-state index contributed by atoms with van der Waals surface area (Å²) in [6, 6.07) is 11.2. The van der Waals surface area contributed by atoms with E-state index in [9.17, 15) is 21.6 Å². The zero-order valence-corrected chi connectivity index (χ0v) is 19.8. The second-order valence-corrected chi connectivity index (χ2v) is 11.1. The summed E-state index contributed by atoms with van der Waals surface area (Å²) in [6.45, 7) is 5.57. The third-order valence-electron chi connectivity index (χ3n) is 4.66. The van der Waals surface area contributed by atoms with Gasteiger partial charge in [-0.1, -0.05) is 12.1 Å². The predicted molar refractivity (Wildman–Crippen MR) is 121 cm³/mol. The van der Waals surface area contributed by atoms with Crippen LogP contribution in [0, 0.1) is 0 Å². The number of amides is 1. The lowest BCUT2D eigenvalue weighted by molar-refractivity contribution is -0.122. The van der Waals surface area contributed by atoms with E-state index in [2.05, 4.69) is 5.32 Å². The minimum absolute atomic E-state index is 0.182. The highest BCUT2D eigenvalue weighted by Gasteiger charge is 2.30. The van der Waals surface area contributed by atoms with Crippen molar-refractivity contribution in [2.24, 2.45) is 0 Å². The minimum atomic E-state index is -3.74. The van der Waals surface area contributed by atoms with Crippen molar-refractivity contribution < 1.29 is 26.4 Å². The number of nitrogens with zero attached hydrogens (tertiary/aromatic N) is 1. The first kappa shape index (κ1) is 24.7. The summed E-state index contributed by atoms with van der Waals surface area (Å²) in [5.74, 6) is 0.113. The number of sulfone groups is 1. The van der Waals surface area contributed by atoms with Gasteiger partial charge in [-0.25, -0.2) is 16.8 Å². The van der Waals surface area contributed by atoms with E-state index in [1.54, 1.807) is 43.3 Å². The van der Waals surface area contributed by atoms with E-state index in [1.165, 1.54) is 19.1 Å². The lowest BCUT2D eigenvalue weighted by atomic mass is 10.1. The molecule has 0 unspecified atom stereocenters. The van der Waals surface area contributed by atoms with Crippen molar-refractivity contribution in [1.29, 1.82) is 0 Å². The van der Waals surface area contributed by atoms with Crippen molar-refractivity contribution in [1.82, 2.24) is 5.32 Å². The van der Waals surface area contributed by atoms with Crippen LogP contribution in [0.2, 0.25) is 0 Å². The Morgan fingerprint density at radius 2 is 1.52 bits per heavy atom. The molecule has 0 heterocycles. The van der Waals surface area contributed by atoms with E-state index < -0.39 is 37.9 Å². The number of ether oxygens (including phenoxy) is 1. The summed E-state index contributed by atoms with van der Waals surface area (Å²) in [5, 5.41) is 2.79. The standard InChI is InChI=1S/C21H28N2O6S2/c1-6-29-19-11-9-18(10-12-19)23(31(5,27)28)16(3)21(24)22-15(2)17-7-13-20(14-8-17)30(4,25)26/h7-16H,6H2,1-5H3,(H,22,24)/t15-,16-/m0/s1. The lowest BCUT2D eigenvalue weighted by Crippen LogP contribution is -2.48. The summed E-state index contributed by atoms with van der Waals surface area (Å²) in [6.07, 6.45) is 2.16. The molecule has 0 aromatic heterocycles. The van der Waals surface area contributed by atoms with Crippen molar-refractivity contribution >= 4 is 31.5 Å². The molecule has 0 spiro atoms. The van der Waals surface area contributed by atoms with E-state index in [4.69, 9.17) is 4.74 Å². The Hall–Kier alpha value is -2.59. The fraction of sp³-hybridized carbons (Fsp3) is 0.381. The normalized spacial score (nSPS) is 13.8. The van der Waals surface area contributed by atoms with E-state index in [0.717, 1.165) is 16.8 Å². The first-order valence-corrected chi connectivity index (χ1v) is 13.4. The fourth-order valence-electron chi connectivity index (χ4n) is 3.09. The highest BCUT2D eigenvalue weighted by atomic mass is 32.2. The molecule has 0 bridgehead atoms. The summed E-state index contributed by atoms with van der Waals surface area (Å²) in [5.41, 5.74) is 1.04.